The minimum Gasteiger partial charge on any atom is -0.393 e. The van der Waals surface area contributed by atoms with Crippen molar-refractivity contribution in [1.29, 1.82) is 0 Å². The Kier molecular flexibility index (Phi) is 3.42. The van der Waals surface area contributed by atoms with Crippen molar-refractivity contribution < 1.29 is 5.11 Å². The van der Waals surface area contributed by atoms with Gasteiger partial charge in [-0.3, -0.25) is 0 Å². The third-order valence-electron chi connectivity index (χ3n) is 3.65. The molecule has 1 saturated heterocycles. The van der Waals surface area contributed by atoms with Crippen LogP contribution >= 0.6 is 0 Å². The molecule has 0 aromatic heterocycles. The molecule has 0 aromatic carbocycles. The van der Waals surface area contributed by atoms with Crippen molar-refractivity contribution >= 4 is 0 Å². The number of aliphatic hydroxyl groups is 1. The van der Waals surface area contributed by atoms with Crippen molar-refractivity contribution in [2.24, 2.45) is 5.92 Å². The highest BCUT2D eigenvalue weighted by molar-refractivity contribution is 4.84. The van der Waals surface area contributed by atoms with Gasteiger partial charge in [-0.05, 0) is 45.2 Å². The second-order valence-corrected chi connectivity index (χ2v) is 4.93. The molecule has 1 atom stereocenters. The van der Waals surface area contributed by atoms with Crippen molar-refractivity contribution in [1.82, 2.24) is 10.2 Å². The molecule has 0 aromatic rings. The van der Waals surface area contributed by atoms with Crippen LogP contribution in [-0.4, -0.2) is 48.8 Å². The van der Waals surface area contributed by atoms with E-state index in [-0.39, 0.29) is 6.10 Å². The first-order chi connectivity index (χ1) is 6.75. The summed E-state index contributed by atoms with van der Waals surface area (Å²) in [5.41, 5.74) is 0. The van der Waals surface area contributed by atoms with E-state index in [2.05, 4.69) is 17.3 Å². The zero-order valence-corrected chi connectivity index (χ0v) is 9.08. The highest BCUT2D eigenvalue weighted by Crippen LogP contribution is 2.28. The second kappa shape index (κ2) is 4.60. The molecule has 1 unspecified atom stereocenters. The van der Waals surface area contributed by atoms with E-state index in [1.807, 2.05) is 0 Å². The van der Waals surface area contributed by atoms with Crippen LogP contribution < -0.4 is 5.32 Å². The van der Waals surface area contributed by atoms with E-state index in [0.717, 1.165) is 31.3 Å². The summed E-state index contributed by atoms with van der Waals surface area (Å²) in [4.78, 5) is 2.47. The maximum absolute atomic E-state index is 9.21. The molecule has 1 heterocycles. The first kappa shape index (κ1) is 10.4. The summed E-state index contributed by atoms with van der Waals surface area (Å²) < 4.78 is 0. The van der Waals surface area contributed by atoms with Gasteiger partial charge in [-0.1, -0.05) is 0 Å². The van der Waals surface area contributed by atoms with E-state index in [9.17, 15) is 5.11 Å². The van der Waals surface area contributed by atoms with Gasteiger partial charge >= 0.3 is 0 Å². The summed E-state index contributed by atoms with van der Waals surface area (Å²) in [5.74, 6) is 0.747. The van der Waals surface area contributed by atoms with Crippen LogP contribution in [0.2, 0.25) is 0 Å². The number of rotatable bonds is 3. The second-order valence-electron chi connectivity index (χ2n) is 4.93. The van der Waals surface area contributed by atoms with Gasteiger partial charge in [-0.25, -0.2) is 0 Å². The van der Waals surface area contributed by atoms with Crippen molar-refractivity contribution in [2.45, 2.75) is 37.8 Å². The van der Waals surface area contributed by atoms with Gasteiger partial charge in [0.15, 0.2) is 0 Å². The number of hydrogen-bond acceptors (Lipinski definition) is 3. The highest BCUT2D eigenvalue weighted by Gasteiger charge is 2.29. The molecule has 82 valence electrons. The molecule has 14 heavy (non-hydrogen) atoms. The van der Waals surface area contributed by atoms with Gasteiger partial charge < -0.3 is 15.3 Å². The summed E-state index contributed by atoms with van der Waals surface area (Å²) in [7, 11) is 2.22. The topological polar surface area (TPSA) is 35.5 Å². The largest absolute Gasteiger partial charge is 0.393 e. The summed E-state index contributed by atoms with van der Waals surface area (Å²) in [5, 5.41) is 12.7. The Hall–Kier alpha value is -0.120. The van der Waals surface area contributed by atoms with Crippen molar-refractivity contribution in [3.05, 3.63) is 0 Å². The van der Waals surface area contributed by atoms with E-state index in [1.54, 1.807) is 0 Å². The number of likely N-dealkylation sites (N-methyl/N-ethyl adjacent to an activating group) is 1. The fraction of sp³-hybridized carbons (Fsp3) is 1.00. The maximum Gasteiger partial charge on any atom is 0.0546 e. The molecular weight excluding hydrogens is 176 g/mol. The maximum atomic E-state index is 9.21. The summed E-state index contributed by atoms with van der Waals surface area (Å²) in [6, 6.07) is 0.724. The molecule has 0 bridgehead atoms. The Bertz CT molecular complexity index is 174. The zero-order valence-electron chi connectivity index (χ0n) is 9.08. The van der Waals surface area contributed by atoms with Crippen LogP contribution in [0.3, 0.4) is 0 Å². The molecule has 1 saturated carbocycles. The molecule has 2 aliphatic rings. The molecular formula is C11H22N2O. The predicted molar refractivity (Wildman–Crippen MR) is 57.3 cm³/mol. The Labute approximate surface area is 86.5 Å². The first-order valence-electron chi connectivity index (χ1n) is 5.84. The number of nitrogens with one attached hydrogen (secondary N) is 1. The lowest BCUT2D eigenvalue weighted by Crippen LogP contribution is -2.47. The third kappa shape index (κ3) is 2.47. The van der Waals surface area contributed by atoms with Crippen molar-refractivity contribution in [3.8, 4) is 0 Å². The predicted octanol–water partition coefficient (Wildman–Crippen LogP) is 0.441. The summed E-state index contributed by atoms with van der Waals surface area (Å²) in [6.45, 7) is 3.50. The average molecular weight is 198 g/mol. The monoisotopic (exact) mass is 198 g/mol. The molecule has 0 spiro atoms. The van der Waals surface area contributed by atoms with E-state index in [0.29, 0.717) is 0 Å². The molecule has 3 heteroatoms. The molecule has 2 N–H and O–H groups in total. The summed E-state index contributed by atoms with van der Waals surface area (Å²) in [6.07, 6.45) is 4.67. The number of aliphatic hydroxyl groups excluding tert-OH is 1. The van der Waals surface area contributed by atoms with Gasteiger partial charge in [-0.15, -0.1) is 0 Å². The fourth-order valence-electron chi connectivity index (χ4n) is 2.62. The Balaban J connectivity index is 1.69. The van der Waals surface area contributed by atoms with Gasteiger partial charge in [0.25, 0.3) is 0 Å². The lowest BCUT2D eigenvalue weighted by molar-refractivity contribution is 0.0202. The van der Waals surface area contributed by atoms with Crippen LogP contribution in [0.15, 0.2) is 0 Å². The normalized spacial score (nSPS) is 38.4. The number of nitrogens with zero attached hydrogens (tertiary/aromatic N) is 1. The molecule has 3 nitrogen and oxygen atoms in total. The SMILES string of the molecule is CN(CC1CC(O)C1)C1CCCNC1. The van der Waals surface area contributed by atoms with Crippen molar-refractivity contribution in [3.63, 3.8) is 0 Å². The van der Waals surface area contributed by atoms with Crippen LogP contribution in [0, 0.1) is 5.92 Å². The van der Waals surface area contributed by atoms with Gasteiger partial charge in [-0.2, -0.15) is 0 Å². The first-order valence-corrected chi connectivity index (χ1v) is 5.84. The Morgan fingerprint density at radius 3 is 2.79 bits per heavy atom. The van der Waals surface area contributed by atoms with Gasteiger partial charge in [0.2, 0.25) is 0 Å². The molecule has 1 aliphatic heterocycles. The summed E-state index contributed by atoms with van der Waals surface area (Å²) >= 11 is 0. The smallest absolute Gasteiger partial charge is 0.0546 e. The molecule has 2 fully saturated rings. The van der Waals surface area contributed by atoms with Crippen LogP contribution in [-0.2, 0) is 0 Å². The number of piperidine rings is 1. The average Bonchev–Trinajstić information content (AvgIpc) is 2.17. The van der Waals surface area contributed by atoms with Crippen LogP contribution in [0.1, 0.15) is 25.7 Å². The van der Waals surface area contributed by atoms with E-state index in [1.165, 1.54) is 25.9 Å². The molecule has 0 radical (unpaired) electrons. The Morgan fingerprint density at radius 1 is 1.43 bits per heavy atom. The zero-order chi connectivity index (χ0) is 9.97. The number of hydrogen-bond donors (Lipinski definition) is 2. The molecule has 1 aliphatic carbocycles. The van der Waals surface area contributed by atoms with E-state index in [4.69, 9.17) is 0 Å². The lowest BCUT2D eigenvalue weighted by Gasteiger charge is -2.38. The van der Waals surface area contributed by atoms with Crippen LogP contribution in [0.5, 0.6) is 0 Å². The van der Waals surface area contributed by atoms with Gasteiger partial charge in [0.1, 0.15) is 0 Å². The standard InChI is InChI=1S/C11H22N2O/c1-13(8-9-5-11(14)6-9)10-3-2-4-12-7-10/h9-12,14H,2-8H2,1H3. The highest BCUT2D eigenvalue weighted by atomic mass is 16.3. The Morgan fingerprint density at radius 2 is 2.21 bits per heavy atom. The van der Waals surface area contributed by atoms with Crippen LogP contribution in [0.4, 0.5) is 0 Å². The minimum atomic E-state index is -0.00196. The molecule has 0 amide bonds. The van der Waals surface area contributed by atoms with E-state index < -0.39 is 0 Å². The van der Waals surface area contributed by atoms with Gasteiger partial charge in [0, 0.05) is 19.1 Å². The van der Waals surface area contributed by atoms with Crippen LogP contribution in [0.25, 0.3) is 0 Å². The van der Waals surface area contributed by atoms with E-state index >= 15 is 0 Å². The molecule has 2 rings (SSSR count). The lowest BCUT2D eigenvalue weighted by atomic mass is 9.82. The third-order valence-corrected chi connectivity index (χ3v) is 3.65. The van der Waals surface area contributed by atoms with Gasteiger partial charge in [0.05, 0.1) is 6.10 Å². The quantitative estimate of drug-likeness (QED) is 0.691. The van der Waals surface area contributed by atoms with Crippen molar-refractivity contribution in [2.75, 3.05) is 26.7 Å². The fourth-order valence-corrected chi connectivity index (χ4v) is 2.62. The minimum absolute atomic E-state index is 0.00196.